The quantitative estimate of drug-likeness (QED) is 0.845. The summed E-state index contributed by atoms with van der Waals surface area (Å²) in [6, 6.07) is 0. The monoisotopic (exact) mass is 311 g/mol. The lowest BCUT2D eigenvalue weighted by molar-refractivity contribution is -0.142. The van der Waals surface area contributed by atoms with Gasteiger partial charge in [-0.2, -0.15) is 0 Å². The molecule has 5 nitrogen and oxygen atoms in total. The number of nitrogens with one attached hydrogen (secondary N) is 1. The van der Waals surface area contributed by atoms with Gasteiger partial charge in [-0.05, 0) is 59.2 Å². The molecule has 2 heterocycles. The molecule has 1 saturated heterocycles. The van der Waals surface area contributed by atoms with Crippen LogP contribution in [0.4, 0.5) is 5.13 Å². The Bertz CT molecular complexity index is 479. The first kappa shape index (κ1) is 16.2. The van der Waals surface area contributed by atoms with E-state index in [2.05, 4.69) is 22.2 Å². The number of thiazole rings is 1. The summed E-state index contributed by atoms with van der Waals surface area (Å²) in [6.45, 7) is 6.67. The third-order valence-corrected chi connectivity index (χ3v) is 5.15. The van der Waals surface area contributed by atoms with Crippen molar-refractivity contribution in [2.24, 2.45) is 5.92 Å². The molecule has 6 heteroatoms. The molecular weight excluding hydrogens is 286 g/mol. The molecule has 0 atom stereocenters. The van der Waals surface area contributed by atoms with Gasteiger partial charge in [0.1, 0.15) is 5.41 Å². The molecule has 2 N–H and O–H groups in total. The van der Waals surface area contributed by atoms with Crippen molar-refractivity contribution in [3.8, 4) is 0 Å². The van der Waals surface area contributed by atoms with E-state index < -0.39 is 11.4 Å². The van der Waals surface area contributed by atoms with Crippen LogP contribution in [0.2, 0.25) is 0 Å². The van der Waals surface area contributed by atoms with Crippen molar-refractivity contribution in [3.63, 3.8) is 0 Å². The zero-order valence-electron chi connectivity index (χ0n) is 13.1. The highest BCUT2D eigenvalue weighted by atomic mass is 32.1. The zero-order valence-corrected chi connectivity index (χ0v) is 13.9. The highest BCUT2D eigenvalue weighted by molar-refractivity contribution is 7.13. The van der Waals surface area contributed by atoms with Crippen LogP contribution < -0.4 is 5.32 Å². The number of carboxylic acid groups (broad SMARTS) is 1. The fourth-order valence-corrected chi connectivity index (χ4v) is 3.39. The van der Waals surface area contributed by atoms with Crippen molar-refractivity contribution in [2.75, 3.05) is 32.0 Å². The van der Waals surface area contributed by atoms with Crippen molar-refractivity contribution in [2.45, 2.75) is 38.5 Å². The maximum atomic E-state index is 11.2. The molecular formula is C15H25N3O2S. The van der Waals surface area contributed by atoms with Gasteiger partial charge in [0.15, 0.2) is 5.13 Å². The van der Waals surface area contributed by atoms with E-state index in [1.54, 1.807) is 13.8 Å². The van der Waals surface area contributed by atoms with Gasteiger partial charge in [0.2, 0.25) is 0 Å². The zero-order chi connectivity index (χ0) is 15.5. The fourth-order valence-electron chi connectivity index (χ4n) is 2.49. The Labute approximate surface area is 130 Å². The molecule has 0 radical (unpaired) electrons. The van der Waals surface area contributed by atoms with Gasteiger partial charge in [0, 0.05) is 11.9 Å². The van der Waals surface area contributed by atoms with Crippen LogP contribution in [0.25, 0.3) is 0 Å². The Kier molecular flexibility index (Phi) is 5.22. The molecule has 0 spiro atoms. The van der Waals surface area contributed by atoms with E-state index in [0.29, 0.717) is 5.69 Å². The van der Waals surface area contributed by atoms with Crippen LogP contribution in [0.1, 0.15) is 38.8 Å². The molecule has 1 aliphatic rings. The maximum absolute atomic E-state index is 11.2. The summed E-state index contributed by atoms with van der Waals surface area (Å²) in [4.78, 5) is 18.0. The number of aliphatic carboxylic acids is 1. The van der Waals surface area contributed by atoms with Gasteiger partial charge in [0.05, 0.1) is 5.69 Å². The lowest BCUT2D eigenvalue weighted by Crippen LogP contribution is -2.31. The third-order valence-electron chi connectivity index (χ3n) is 4.35. The molecule has 0 unspecified atom stereocenters. The Morgan fingerprint density at radius 3 is 2.81 bits per heavy atom. The number of nitrogens with zero attached hydrogens (tertiary/aromatic N) is 2. The lowest BCUT2D eigenvalue weighted by atomic mass is 9.90. The van der Waals surface area contributed by atoms with Crippen LogP contribution in [-0.4, -0.2) is 47.6 Å². The SMILES string of the molecule is CN1CCC(CCNc2nc(C(C)(C)C(=O)O)cs2)CC1. The minimum atomic E-state index is -0.926. The molecule has 0 amide bonds. The lowest BCUT2D eigenvalue weighted by Gasteiger charge is -2.28. The molecule has 0 saturated carbocycles. The first-order valence-corrected chi connectivity index (χ1v) is 8.39. The smallest absolute Gasteiger partial charge is 0.315 e. The highest BCUT2D eigenvalue weighted by Crippen LogP contribution is 2.27. The predicted molar refractivity (Wildman–Crippen MR) is 86.1 cm³/mol. The van der Waals surface area contributed by atoms with E-state index in [-0.39, 0.29) is 0 Å². The topological polar surface area (TPSA) is 65.5 Å². The van der Waals surface area contributed by atoms with Gasteiger partial charge in [-0.15, -0.1) is 11.3 Å². The van der Waals surface area contributed by atoms with E-state index in [4.69, 9.17) is 0 Å². The van der Waals surface area contributed by atoms with Gasteiger partial charge < -0.3 is 15.3 Å². The van der Waals surface area contributed by atoms with Gasteiger partial charge in [0.25, 0.3) is 0 Å². The largest absolute Gasteiger partial charge is 0.481 e. The first-order chi connectivity index (χ1) is 9.89. The number of likely N-dealkylation sites (tertiary alicyclic amines) is 1. The number of anilines is 1. The number of aromatic nitrogens is 1. The Morgan fingerprint density at radius 1 is 1.52 bits per heavy atom. The molecule has 0 bridgehead atoms. The molecule has 1 fully saturated rings. The fraction of sp³-hybridized carbons (Fsp3) is 0.733. The minimum Gasteiger partial charge on any atom is -0.481 e. The molecule has 1 aliphatic heterocycles. The van der Waals surface area contributed by atoms with Gasteiger partial charge in [-0.3, -0.25) is 4.79 Å². The second kappa shape index (κ2) is 6.75. The second-order valence-electron chi connectivity index (χ2n) is 6.43. The molecule has 118 valence electrons. The predicted octanol–water partition coefficient (Wildman–Crippen LogP) is 2.65. The third kappa shape index (κ3) is 4.17. The number of hydrogen-bond donors (Lipinski definition) is 2. The Hall–Kier alpha value is -1.14. The number of carboxylic acids is 1. The van der Waals surface area contributed by atoms with Crippen molar-refractivity contribution in [1.82, 2.24) is 9.88 Å². The van der Waals surface area contributed by atoms with E-state index in [1.165, 1.54) is 37.3 Å². The summed E-state index contributed by atoms with van der Waals surface area (Å²) in [6.07, 6.45) is 3.70. The van der Waals surface area contributed by atoms with Crippen molar-refractivity contribution >= 4 is 22.4 Å². The van der Waals surface area contributed by atoms with Crippen molar-refractivity contribution < 1.29 is 9.90 Å². The molecule has 2 rings (SSSR count). The summed E-state index contributed by atoms with van der Waals surface area (Å²) >= 11 is 1.49. The summed E-state index contributed by atoms with van der Waals surface area (Å²) in [5.74, 6) is -0.0470. The van der Waals surface area contributed by atoms with E-state index in [9.17, 15) is 9.90 Å². The molecule has 0 aromatic carbocycles. The van der Waals surface area contributed by atoms with Gasteiger partial charge in [-0.1, -0.05) is 0 Å². The number of carbonyl (C=O) groups is 1. The second-order valence-corrected chi connectivity index (χ2v) is 7.29. The normalized spacial score (nSPS) is 17.9. The molecule has 21 heavy (non-hydrogen) atoms. The minimum absolute atomic E-state index is 0.627. The molecule has 1 aromatic rings. The van der Waals surface area contributed by atoms with Crippen molar-refractivity contribution in [3.05, 3.63) is 11.1 Å². The van der Waals surface area contributed by atoms with Crippen LogP contribution in [-0.2, 0) is 10.2 Å². The van der Waals surface area contributed by atoms with E-state index in [0.717, 1.165) is 24.0 Å². The van der Waals surface area contributed by atoms with Crippen LogP contribution in [0, 0.1) is 5.92 Å². The number of hydrogen-bond acceptors (Lipinski definition) is 5. The number of piperidine rings is 1. The summed E-state index contributed by atoms with van der Waals surface area (Å²) in [5.41, 5.74) is -0.300. The van der Waals surface area contributed by atoms with Crippen LogP contribution in [0.5, 0.6) is 0 Å². The average Bonchev–Trinajstić information content (AvgIpc) is 2.90. The van der Waals surface area contributed by atoms with E-state index >= 15 is 0 Å². The van der Waals surface area contributed by atoms with E-state index in [1.807, 2.05) is 5.38 Å². The highest BCUT2D eigenvalue weighted by Gasteiger charge is 2.32. The standard InChI is InChI=1S/C15H25N3O2S/c1-15(2,13(19)20)12-10-21-14(17-12)16-7-4-11-5-8-18(3)9-6-11/h10-11H,4-9H2,1-3H3,(H,16,17)(H,19,20). The van der Waals surface area contributed by atoms with Crippen LogP contribution in [0.15, 0.2) is 5.38 Å². The van der Waals surface area contributed by atoms with Crippen LogP contribution >= 0.6 is 11.3 Å². The summed E-state index contributed by atoms with van der Waals surface area (Å²) in [5, 5.41) is 15.2. The maximum Gasteiger partial charge on any atom is 0.315 e. The molecule has 0 aliphatic carbocycles. The van der Waals surface area contributed by atoms with Crippen LogP contribution in [0.3, 0.4) is 0 Å². The molecule has 1 aromatic heterocycles. The Balaban J connectivity index is 1.79. The number of rotatable bonds is 6. The van der Waals surface area contributed by atoms with Gasteiger partial charge >= 0.3 is 5.97 Å². The Morgan fingerprint density at radius 2 is 2.19 bits per heavy atom. The van der Waals surface area contributed by atoms with Gasteiger partial charge in [-0.25, -0.2) is 4.98 Å². The summed E-state index contributed by atoms with van der Waals surface area (Å²) < 4.78 is 0. The first-order valence-electron chi connectivity index (χ1n) is 7.51. The summed E-state index contributed by atoms with van der Waals surface area (Å²) in [7, 11) is 2.18. The average molecular weight is 311 g/mol. The van der Waals surface area contributed by atoms with Crippen molar-refractivity contribution in [1.29, 1.82) is 0 Å².